The SMILES string of the molecule is CC1CCN(CCOc2ccc(C(=N)N)cc2)C1. The average Bonchev–Trinajstić information content (AvgIpc) is 2.76. The minimum atomic E-state index is 0.0904. The maximum atomic E-state index is 7.31. The first-order valence-electron chi connectivity index (χ1n) is 6.45. The van der Waals surface area contributed by atoms with E-state index in [2.05, 4.69) is 11.8 Å². The molecule has 1 heterocycles. The number of nitrogen functional groups attached to an aromatic ring is 1. The number of likely N-dealkylation sites (tertiary alicyclic amines) is 1. The fourth-order valence-corrected chi connectivity index (χ4v) is 2.25. The summed E-state index contributed by atoms with van der Waals surface area (Å²) in [5.74, 6) is 1.75. The Balaban J connectivity index is 1.75. The first kappa shape index (κ1) is 12.9. The standard InChI is InChI=1S/C14H21N3O/c1-11-6-7-17(10-11)8-9-18-13-4-2-12(3-5-13)14(15)16/h2-5,11H,6-10H2,1H3,(H3,15,16). The first-order valence-corrected chi connectivity index (χ1v) is 6.45. The number of amidine groups is 1. The summed E-state index contributed by atoms with van der Waals surface area (Å²) in [6.07, 6.45) is 1.30. The van der Waals surface area contributed by atoms with Crippen molar-refractivity contribution in [3.05, 3.63) is 29.8 Å². The van der Waals surface area contributed by atoms with E-state index < -0.39 is 0 Å². The van der Waals surface area contributed by atoms with Crippen molar-refractivity contribution < 1.29 is 4.74 Å². The molecule has 0 saturated carbocycles. The number of nitrogens with two attached hydrogens (primary N) is 1. The van der Waals surface area contributed by atoms with Crippen LogP contribution in [0, 0.1) is 11.3 Å². The van der Waals surface area contributed by atoms with Gasteiger partial charge in [-0.1, -0.05) is 6.92 Å². The summed E-state index contributed by atoms with van der Waals surface area (Å²) in [5.41, 5.74) is 6.13. The second kappa shape index (κ2) is 5.87. The third kappa shape index (κ3) is 3.47. The van der Waals surface area contributed by atoms with Crippen molar-refractivity contribution >= 4 is 5.84 Å². The second-order valence-electron chi connectivity index (χ2n) is 4.98. The Bertz CT molecular complexity index is 402. The largest absolute Gasteiger partial charge is 0.492 e. The van der Waals surface area contributed by atoms with Crippen LogP contribution in [0.4, 0.5) is 0 Å². The summed E-state index contributed by atoms with van der Waals surface area (Å²) in [5, 5.41) is 7.31. The Kier molecular flexibility index (Phi) is 4.20. The topological polar surface area (TPSA) is 62.3 Å². The Labute approximate surface area is 108 Å². The predicted octanol–water partition coefficient (Wildman–Crippen LogP) is 1.69. The van der Waals surface area contributed by atoms with E-state index in [1.165, 1.54) is 19.5 Å². The van der Waals surface area contributed by atoms with Crippen molar-refractivity contribution in [1.29, 1.82) is 5.41 Å². The summed E-state index contributed by atoms with van der Waals surface area (Å²) < 4.78 is 5.68. The summed E-state index contributed by atoms with van der Waals surface area (Å²) >= 11 is 0. The monoisotopic (exact) mass is 247 g/mol. The van der Waals surface area contributed by atoms with Gasteiger partial charge in [0.25, 0.3) is 0 Å². The van der Waals surface area contributed by atoms with Crippen molar-refractivity contribution in [1.82, 2.24) is 4.90 Å². The van der Waals surface area contributed by atoms with Gasteiger partial charge in [-0.05, 0) is 43.1 Å². The van der Waals surface area contributed by atoms with Gasteiger partial charge in [-0.15, -0.1) is 0 Å². The molecule has 1 saturated heterocycles. The van der Waals surface area contributed by atoms with Crippen molar-refractivity contribution in [2.45, 2.75) is 13.3 Å². The molecule has 1 aromatic rings. The number of nitrogens with one attached hydrogen (secondary N) is 1. The molecule has 4 heteroatoms. The van der Waals surface area contributed by atoms with Crippen molar-refractivity contribution in [2.75, 3.05) is 26.2 Å². The van der Waals surface area contributed by atoms with Crippen LogP contribution in [0.15, 0.2) is 24.3 Å². The fraction of sp³-hybridized carbons (Fsp3) is 0.500. The Morgan fingerprint density at radius 1 is 1.44 bits per heavy atom. The van der Waals surface area contributed by atoms with Gasteiger partial charge in [-0.3, -0.25) is 10.3 Å². The molecule has 0 aromatic heterocycles. The van der Waals surface area contributed by atoms with Gasteiger partial charge in [0.05, 0.1) is 0 Å². The van der Waals surface area contributed by atoms with Crippen LogP contribution < -0.4 is 10.5 Å². The molecule has 3 N–H and O–H groups in total. The molecule has 0 spiro atoms. The molecule has 1 aliphatic rings. The van der Waals surface area contributed by atoms with E-state index in [1.807, 2.05) is 24.3 Å². The van der Waals surface area contributed by atoms with Crippen LogP contribution in [-0.2, 0) is 0 Å². The van der Waals surface area contributed by atoms with E-state index >= 15 is 0 Å². The molecule has 0 aliphatic carbocycles. The second-order valence-corrected chi connectivity index (χ2v) is 4.98. The van der Waals surface area contributed by atoms with Crippen LogP contribution in [0.2, 0.25) is 0 Å². The molecule has 0 amide bonds. The summed E-state index contributed by atoms with van der Waals surface area (Å²) in [6, 6.07) is 7.36. The van der Waals surface area contributed by atoms with Crippen molar-refractivity contribution in [3.63, 3.8) is 0 Å². The molecular formula is C14H21N3O. The lowest BCUT2D eigenvalue weighted by Gasteiger charge is -2.15. The van der Waals surface area contributed by atoms with Gasteiger partial charge in [0.15, 0.2) is 0 Å². The van der Waals surface area contributed by atoms with E-state index in [0.29, 0.717) is 6.61 Å². The minimum absolute atomic E-state index is 0.0904. The average molecular weight is 247 g/mol. The number of rotatable bonds is 5. The van der Waals surface area contributed by atoms with Crippen LogP contribution in [0.25, 0.3) is 0 Å². The van der Waals surface area contributed by atoms with Crippen molar-refractivity contribution in [2.24, 2.45) is 11.7 Å². The van der Waals surface area contributed by atoms with Crippen LogP contribution >= 0.6 is 0 Å². The molecule has 98 valence electrons. The quantitative estimate of drug-likeness (QED) is 0.615. The van der Waals surface area contributed by atoms with E-state index in [-0.39, 0.29) is 5.84 Å². The van der Waals surface area contributed by atoms with Crippen LogP contribution in [-0.4, -0.2) is 37.0 Å². The summed E-state index contributed by atoms with van der Waals surface area (Å²) in [4.78, 5) is 2.44. The van der Waals surface area contributed by atoms with Gasteiger partial charge in [-0.25, -0.2) is 0 Å². The molecule has 2 rings (SSSR count). The van der Waals surface area contributed by atoms with Gasteiger partial charge in [0.1, 0.15) is 18.2 Å². The smallest absolute Gasteiger partial charge is 0.122 e. The minimum Gasteiger partial charge on any atom is -0.492 e. The van der Waals surface area contributed by atoms with E-state index in [0.717, 1.165) is 23.8 Å². The van der Waals surface area contributed by atoms with Crippen LogP contribution in [0.3, 0.4) is 0 Å². The maximum Gasteiger partial charge on any atom is 0.122 e. The first-order chi connectivity index (χ1) is 8.65. The van der Waals surface area contributed by atoms with E-state index in [4.69, 9.17) is 15.9 Å². The number of hydrogen-bond acceptors (Lipinski definition) is 3. The molecular weight excluding hydrogens is 226 g/mol. The van der Waals surface area contributed by atoms with Gasteiger partial charge < -0.3 is 10.5 Å². The third-order valence-electron chi connectivity index (χ3n) is 3.35. The Morgan fingerprint density at radius 2 is 2.17 bits per heavy atom. The highest BCUT2D eigenvalue weighted by Crippen LogP contribution is 2.15. The highest BCUT2D eigenvalue weighted by molar-refractivity contribution is 5.94. The van der Waals surface area contributed by atoms with Gasteiger partial charge in [0, 0.05) is 18.7 Å². The lowest BCUT2D eigenvalue weighted by molar-refractivity contribution is 0.234. The number of hydrogen-bond donors (Lipinski definition) is 2. The maximum absolute atomic E-state index is 7.31. The van der Waals surface area contributed by atoms with Crippen molar-refractivity contribution in [3.8, 4) is 5.75 Å². The van der Waals surface area contributed by atoms with E-state index in [9.17, 15) is 0 Å². The van der Waals surface area contributed by atoms with Gasteiger partial charge >= 0.3 is 0 Å². The third-order valence-corrected chi connectivity index (χ3v) is 3.35. The normalized spacial score (nSPS) is 19.9. The lowest BCUT2D eigenvalue weighted by Crippen LogP contribution is -2.25. The van der Waals surface area contributed by atoms with Crippen LogP contribution in [0.1, 0.15) is 18.9 Å². The highest BCUT2D eigenvalue weighted by atomic mass is 16.5. The molecule has 0 bridgehead atoms. The zero-order valence-electron chi connectivity index (χ0n) is 10.9. The fourth-order valence-electron chi connectivity index (χ4n) is 2.25. The Hall–Kier alpha value is -1.55. The molecule has 1 aliphatic heterocycles. The zero-order valence-corrected chi connectivity index (χ0v) is 10.9. The van der Waals surface area contributed by atoms with Gasteiger partial charge in [0.2, 0.25) is 0 Å². The molecule has 1 unspecified atom stereocenters. The molecule has 4 nitrogen and oxygen atoms in total. The van der Waals surface area contributed by atoms with Gasteiger partial charge in [-0.2, -0.15) is 0 Å². The predicted molar refractivity (Wildman–Crippen MR) is 73.2 cm³/mol. The van der Waals surface area contributed by atoms with Crippen LogP contribution in [0.5, 0.6) is 5.75 Å². The number of ether oxygens (including phenoxy) is 1. The molecule has 1 atom stereocenters. The molecule has 1 aromatic carbocycles. The number of benzene rings is 1. The lowest BCUT2D eigenvalue weighted by atomic mass is 10.2. The highest BCUT2D eigenvalue weighted by Gasteiger charge is 2.17. The molecule has 18 heavy (non-hydrogen) atoms. The van der Waals surface area contributed by atoms with E-state index in [1.54, 1.807) is 0 Å². The summed E-state index contributed by atoms with van der Waals surface area (Å²) in [7, 11) is 0. The summed E-state index contributed by atoms with van der Waals surface area (Å²) in [6.45, 7) is 6.37. The Morgan fingerprint density at radius 3 is 2.72 bits per heavy atom. The zero-order chi connectivity index (χ0) is 13.0. The molecule has 0 radical (unpaired) electrons. The number of nitrogens with zero attached hydrogens (tertiary/aromatic N) is 1. The molecule has 1 fully saturated rings.